The number of pyridine rings is 1. The minimum atomic E-state index is -0.697. The Kier molecular flexibility index (Phi) is 8.22. The number of anilines is 1. The molecular weight excluding hydrogens is 629 g/mol. The molecule has 2 N–H and O–H groups in total. The average Bonchev–Trinajstić information content (AvgIpc) is 3.65. The van der Waals surface area contributed by atoms with E-state index in [2.05, 4.69) is 20.4 Å². The zero-order valence-corrected chi connectivity index (χ0v) is 27.0. The summed E-state index contributed by atoms with van der Waals surface area (Å²) in [5, 5.41) is 6.95. The number of likely N-dealkylation sites (tertiary alicyclic amines) is 1. The SMILES string of the molecule is O=C(NCCCN1CCOCC1)c1cn2c3cc4c(=O)c5ccccc5c(=O)c4cc3oc3c(NCCN4CCCC4)c(F)cc(c1=O)c32. The van der Waals surface area contributed by atoms with Crippen LogP contribution in [-0.4, -0.2) is 85.7 Å². The van der Waals surface area contributed by atoms with Gasteiger partial charge in [0.25, 0.3) is 5.91 Å². The van der Waals surface area contributed by atoms with Crippen LogP contribution in [0.1, 0.15) is 29.6 Å². The number of carbonyl (C=O) groups excluding carboxylic acids is 1. The Morgan fingerprint density at radius 3 is 2.22 bits per heavy atom. The number of aromatic nitrogens is 1. The molecule has 252 valence electrons. The van der Waals surface area contributed by atoms with Gasteiger partial charge in [0.15, 0.2) is 27.8 Å². The molecule has 2 aliphatic rings. The van der Waals surface area contributed by atoms with Gasteiger partial charge in [-0.05, 0) is 57.1 Å². The van der Waals surface area contributed by atoms with Gasteiger partial charge in [-0.15, -0.1) is 0 Å². The molecule has 4 heterocycles. The first-order chi connectivity index (χ1) is 23.9. The zero-order valence-electron chi connectivity index (χ0n) is 27.0. The lowest BCUT2D eigenvalue weighted by atomic mass is 10.0. The van der Waals surface area contributed by atoms with Crippen LogP contribution in [0.4, 0.5) is 10.1 Å². The van der Waals surface area contributed by atoms with Crippen molar-refractivity contribution < 1.29 is 18.3 Å². The molecule has 11 nitrogen and oxygen atoms in total. The van der Waals surface area contributed by atoms with Crippen molar-refractivity contribution in [3.8, 4) is 0 Å². The highest BCUT2D eigenvalue weighted by Gasteiger charge is 2.24. The number of nitrogens with zero attached hydrogens (tertiary/aromatic N) is 3. The maximum atomic E-state index is 16.0. The van der Waals surface area contributed by atoms with Gasteiger partial charge in [-0.25, -0.2) is 4.39 Å². The predicted molar refractivity (Wildman–Crippen MR) is 188 cm³/mol. The molecule has 2 aromatic heterocycles. The monoisotopic (exact) mass is 665 g/mol. The van der Waals surface area contributed by atoms with Gasteiger partial charge in [0, 0.05) is 60.5 Å². The molecule has 0 atom stereocenters. The number of ether oxygens (including phenoxy) is 1. The van der Waals surface area contributed by atoms with E-state index < -0.39 is 17.2 Å². The number of morpholine rings is 1. The third-order valence-corrected chi connectivity index (χ3v) is 9.89. The van der Waals surface area contributed by atoms with Crippen molar-refractivity contribution in [2.75, 3.05) is 70.9 Å². The summed E-state index contributed by atoms with van der Waals surface area (Å²) in [6.45, 7) is 7.25. The Morgan fingerprint density at radius 1 is 0.796 bits per heavy atom. The Morgan fingerprint density at radius 2 is 1.49 bits per heavy atom. The van der Waals surface area contributed by atoms with E-state index in [9.17, 15) is 19.2 Å². The molecule has 0 saturated carbocycles. The fourth-order valence-electron chi connectivity index (χ4n) is 7.31. The number of nitrogens with one attached hydrogen (secondary N) is 2. The number of carbonyl (C=O) groups is 1. The summed E-state index contributed by atoms with van der Waals surface area (Å²) in [7, 11) is 0. The molecule has 2 aliphatic heterocycles. The van der Waals surface area contributed by atoms with Crippen LogP contribution < -0.4 is 26.9 Å². The van der Waals surface area contributed by atoms with Crippen LogP contribution >= 0.6 is 0 Å². The summed E-state index contributed by atoms with van der Waals surface area (Å²) in [6, 6.07) is 10.8. The highest BCUT2D eigenvalue weighted by atomic mass is 19.1. The lowest BCUT2D eigenvalue weighted by molar-refractivity contribution is 0.0374. The van der Waals surface area contributed by atoms with Crippen molar-refractivity contribution in [2.24, 2.45) is 0 Å². The Hall–Kier alpha value is -4.91. The average molecular weight is 666 g/mol. The lowest BCUT2D eigenvalue weighted by Gasteiger charge is -2.26. The van der Waals surface area contributed by atoms with Crippen molar-refractivity contribution >= 4 is 60.7 Å². The van der Waals surface area contributed by atoms with E-state index in [4.69, 9.17) is 9.15 Å². The van der Waals surface area contributed by atoms with Gasteiger partial charge in [-0.1, -0.05) is 24.3 Å². The Bertz CT molecular complexity index is 2430. The second-order valence-corrected chi connectivity index (χ2v) is 12.9. The Balaban J connectivity index is 1.28. The summed E-state index contributed by atoms with van der Waals surface area (Å²) >= 11 is 0. The van der Waals surface area contributed by atoms with E-state index in [0.29, 0.717) is 55.6 Å². The molecule has 2 saturated heterocycles. The number of benzene rings is 4. The molecule has 0 radical (unpaired) electrons. The summed E-state index contributed by atoms with van der Waals surface area (Å²) in [6.07, 6.45) is 4.36. The number of fused-ring (bicyclic) bond motifs is 4. The molecule has 1 amide bonds. The predicted octanol–water partition coefficient (Wildman–Crippen LogP) is 3.76. The molecule has 0 spiro atoms. The van der Waals surface area contributed by atoms with E-state index in [1.54, 1.807) is 34.7 Å². The topological polar surface area (TPSA) is 126 Å². The van der Waals surface area contributed by atoms with Crippen molar-refractivity contribution in [3.63, 3.8) is 0 Å². The fraction of sp³-hybridized carbons (Fsp3) is 0.351. The van der Waals surface area contributed by atoms with E-state index in [0.717, 1.165) is 51.6 Å². The number of hydrogen-bond acceptors (Lipinski definition) is 9. The van der Waals surface area contributed by atoms with Crippen LogP contribution in [0.2, 0.25) is 0 Å². The maximum Gasteiger partial charge on any atom is 0.256 e. The third-order valence-electron chi connectivity index (χ3n) is 9.89. The summed E-state index contributed by atoms with van der Waals surface area (Å²) in [4.78, 5) is 59.2. The van der Waals surface area contributed by atoms with E-state index >= 15 is 4.39 Å². The largest absolute Gasteiger partial charge is 0.451 e. The molecule has 49 heavy (non-hydrogen) atoms. The van der Waals surface area contributed by atoms with Crippen molar-refractivity contribution in [1.82, 2.24) is 19.5 Å². The highest BCUT2D eigenvalue weighted by Crippen LogP contribution is 2.34. The summed E-state index contributed by atoms with van der Waals surface area (Å²) < 4.78 is 29.3. The van der Waals surface area contributed by atoms with Gasteiger partial charge in [0.1, 0.15) is 16.8 Å². The standard InChI is InChI=1S/C37H36FN5O6/c38-28-18-26-32-36(31(28)39-9-13-41-10-3-4-11-41)49-30-20-25-24(33(44)22-6-1-2-7-23(22)34(25)45)19-29(30)43(32)21-27(35(26)46)37(47)40-8-5-12-42-14-16-48-17-15-42/h1-2,6-7,18-21,39H,3-5,8-17H2,(H,40,47). The smallest absolute Gasteiger partial charge is 0.256 e. The van der Waals surface area contributed by atoms with Crippen molar-refractivity contribution in [2.45, 2.75) is 19.3 Å². The molecule has 0 unspecified atom stereocenters. The fourth-order valence-corrected chi connectivity index (χ4v) is 7.31. The molecular formula is C37H36FN5O6. The van der Waals surface area contributed by atoms with Gasteiger partial charge in [0.05, 0.1) is 24.1 Å². The molecule has 12 heteroatoms. The van der Waals surface area contributed by atoms with E-state index in [1.807, 2.05) is 0 Å². The van der Waals surface area contributed by atoms with Crippen molar-refractivity contribution in [1.29, 1.82) is 0 Å². The van der Waals surface area contributed by atoms with Crippen LogP contribution in [0.3, 0.4) is 0 Å². The number of amides is 1. The first-order valence-corrected chi connectivity index (χ1v) is 16.9. The van der Waals surface area contributed by atoms with E-state index in [1.165, 1.54) is 12.3 Å². The summed E-state index contributed by atoms with van der Waals surface area (Å²) in [5.41, 5.74) is -0.477. The number of halogens is 1. The van der Waals surface area contributed by atoms with Crippen LogP contribution in [-0.2, 0) is 4.74 Å². The second kappa shape index (κ2) is 12.8. The molecule has 8 rings (SSSR count). The van der Waals surface area contributed by atoms with Crippen LogP contribution in [0.25, 0.3) is 49.1 Å². The molecule has 2 fully saturated rings. The second-order valence-electron chi connectivity index (χ2n) is 12.9. The van der Waals surface area contributed by atoms with Gasteiger partial charge in [0.2, 0.25) is 5.43 Å². The quantitative estimate of drug-likeness (QED) is 0.135. The minimum absolute atomic E-state index is 0.0327. The molecule has 4 aromatic carbocycles. The Labute approximate surface area is 279 Å². The molecule has 0 bridgehead atoms. The van der Waals surface area contributed by atoms with Gasteiger partial charge in [-0.3, -0.25) is 24.1 Å². The van der Waals surface area contributed by atoms with Gasteiger partial charge in [-0.2, -0.15) is 0 Å². The first kappa shape index (κ1) is 31.4. The molecule has 0 aliphatic carbocycles. The van der Waals surface area contributed by atoms with Crippen LogP contribution in [0.15, 0.2) is 67.5 Å². The first-order valence-electron chi connectivity index (χ1n) is 16.9. The van der Waals surface area contributed by atoms with E-state index in [-0.39, 0.29) is 54.9 Å². The third kappa shape index (κ3) is 5.59. The van der Waals surface area contributed by atoms with Gasteiger partial charge < -0.3 is 29.1 Å². The molecule has 6 aromatic rings. The zero-order chi connectivity index (χ0) is 33.6. The number of hydrogen-bond donors (Lipinski definition) is 2. The van der Waals surface area contributed by atoms with Crippen LogP contribution in [0.5, 0.6) is 0 Å². The highest BCUT2D eigenvalue weighted by molar-refractivity contribution is 6.08. The summed E-state index contributed by atoms with van der Waals surface area (Å²) in [5.74, 6) is -1.28. The number of rotatable bonds is 9. The van der Waals surface area contributed by atoms with Gasteiger partial charge >= 0.3 is 0 Å². The maximum absolute atomic E-state index is 16.0. The normalized spacial score (nSPS) is 16.1. The lowest BCUT2D eigenvalue weighted by Crippen LogP contribution is -2.38. The van der Waals surface area contributed by atoms with Crippen LogP contribution in [0, 0.1) is 5.82 Å². The van der Waals surface area contributed by atoms with Crippen molar-refractivity contribution in [3.05, 3.63) is 90.7 Å². The minimum Gasteiger partial charge on any atom is -0.451 e.